The van der Waals surface area contributed by atoms with E-state index in [-0.39, 0.29) is 4.90 Å². The number of aromatic nitrogens is 1. The molecule has 0 saturated carbocycles. The molecule has 0 aliphatic carbocycles. The molecule has 1 N–H and O–H groups in total. The molecule has 5 nitrogen and oxygen atoms in total. The van der Waals surface area contributed by atoms with Gasteiger partial charge >= 0.3 is 0 Å². The summed E-state index contributed by atoms with van der Waals surface area (Å²) < 4.78 is 32.3. The van der Waals surface area contributed by atoms with Gasteiger partial charge in [-0.15, -0.1) is 11.3 Å². The van der Waals surface area contributed by atoms with Crippen molar-refractivity contribution in [1.29, 1.82) is 0 Å². The summed E-state index contributed by atoms with van der Waals surface area (Å²) in [6, 6.07) is 6.41. The summed E-state index contributed by atoms with van der Waals surface area (Å²) in [5, 5.41) is 0.949. The first kappa shape index (κ1) is 16.9. The number of nitrogens with zero attached hydrogens (tertiary/aromatic N) is 1. The summed E-state index contributed by atoms with van der Waals surface area (Å²) in [4.78, 5) is 5.81. The molecule has 2 rings (SSSR count). The van der Waals surface area contributed by atoms with Crippen molar-refractivity contribution in [1.82, 2.24) is 9.71 Å². The number of nitrogens with one attached hydrogen (secondary N) is 1. The third-order valence-electron chi connectivity index (χ3n) is 3.15. The van der Waals surface area contributed by atoms with Gasteiger partial charge in [0.05, 0.1) is 22.2 Å². The van der Waals surface area contributed by atoms with E-state index in [1.54, 1.807) is 35.6 Å². The molecule has 0 aliphatic rings. The van der Waals surface area contributed by atoms with Crippen LogP contribution in [0.2, 0.25) is 0 Å². The molecule has 0 amide bonds. The highest BCUT2D eigenvalue weighted by Gasteiger charge is 2.14. The van der Waals surface area contributed by atoms with Gasteiger partial charge in [0.2, 0.25) is 10.0 Å². The minimum Gasteiger partial charge on any atom is -0.494 e. The molecule has 120 valence electrons. The molecular weight excluding hydrogens is 320 g/mol. The highest BCUT2D eigenvalue weighted by molar-refractivity contribution is 7.89. The Morgan fingerprint density at radius 3 is 2.45 bits per heavy atom. The maximum absolute atomic E-state index is 12.2. The number of sulfonamides is 1. The normalized spacial score (nSPS) is 11.6. The van der Waals surface area contributed by atoms with Crippen LogP contribution in [-0.2, 0) is 16.4 Å². The van der Waals surface area contributed by atoms with Crippen LogP contribution < -0.4 is 9.46 Å². The molecule has 0 aliphatic heterocycles. The lowest BCUT2D eigenvalue weighted by molar-refractivity contribution is 0.340. The second-order valence-corrected chi connectivity index (χ2v) is 7.86. The van der Waals surface area contributed by atoms with Gasteiger partial charge in [0.25, 0.3) is 0 Å². The van der Waals surface area contributed by atoms with Crippen molar-refractivity contribution in [3.63, 3.8) is 0 Å². The van der Waals surface area contributed by atoms with E-state index in [2.05, 4.69) is 9.71 Å². The lowest BCUT2D eigenvalue weighted by Gasteiger charge is -2.07. The largest absolute Gasteiger partial charge is 0.494 e. The SMILES string of the molecule is CCOc1ccc(S(=O)(=O)NCCc2nc(C)c(C)s2)cc1. The van der Waals surface area contributed by atoms with E-state index in [1.807, 2.05) is 20.8 Å². The zero-order valence-corrected chi connectivity index (χ0v) is 14.6. The molecule has 1 heterocycles. The van der Waals surface area contributed by atoms with Crippen LogP contribution in [-0.4, -0.2) is 26.6 Å². The second-order valence-electron chi connectivity index (χ2n) is 4.80. The van der Waals surface area contributed by atoms with E-state index >= 15 is 0 Å². The molecule has 0 radical (unpaired) electrons. The first-order valence-corrected chi connectivity index (χ1v) is 9.38. The highest BCUT2D eigenvalue weighted by atomic mass is 32.2. The van der Waals surface area contributed by atoms with Gasteiger partial charge in [-0.1, -0.05) is 0 Å². The van der Waals surface area contributed by atoms with Gasteiger partial charge in [-0.2, -0.15) is 0 Å². The van der Waals surface area contributed by atoms with Crippen molar-refractivity contribution >= 4 is 21.4 Å². The van der Waals surface area contributed by atoms with Crippen LogP contribution in [0.15, 0.2) is 29.2 Å². The van der Waals surface area contributed by atoms with Crippen LogP contribution in [0.3, 0.4) is 0 Å². The first-order chi connectivity index (χ1) is 10.4. The van der Waals surface area contributed by atoms with Crippen molar-refractivity contribution in [2.75, 3.05) is 13.2 Å². The highest BCUT2D eigenvalue weighted by Crippen LogP contribution is 2.18. The van der Waals surface area contributed by atoms with Crippen LogP contribution in [0, 0.1) is 13.8 Å². The van der Waals surface area contributed by atoms with E-state index in [1.165, 1.54) is 4.88 Å². The average Bonchev–Trinajstić information content (AvgIpc) is 2.78. The maximum atomic E-state index is 12.2. The Hall–Kier alpha value is -1.44. The standard InChI is InChI=1S/C15H20N2O3S2/c1-4-20-13-5-7-14(8-6-13)22(18,19)16-10-9-15-17-11(2)12(3)21-15/h5-8,16H,4,9-10H2,1-3H3. The Balaban J connectivity index is 1.95. The number of thiazole rings is 1. The summed E-state index contributed by atoms with van der Waals surface area (Å²) >= 11 is 1.61. The van der Waals surface area contributed by atoms with Gasteiger partial charge in [0.1, 0.15) is 5.75 Å². The molecule has 1 aromatic heterocycles. The predicted molar refractivity (Wildman–Crippen MR) is 88.1 cm³/mol. The molecule has 0 bridgehead atoms. The fourth-order valence-corrected chi connectivity index (χ4v) is 3.87. The summed E-state index contributed by atoms with van der Waals surface area (Å²) in [6.45, 7) is 6.74. The Morgan fingerprint density at radius 1 is 1.23 bits per heavy atom. The van der Waals surface area contributed by atoms with E-state index in [0.29, 0.717) is 25.3 Å². The van der Waals surface area contributed by atoms with Gasteiger partial charge in [-0.25, -0.2) is 18.1 Å². The first-order valence-electron chi connectivity index (χ1n) is 7.08. The van der Waals surface area contributed by atoms with E-state index in [0.717, 1.165) is 10.7 Å². The van der Waals surface area contributed by atoms with Gasteiger partial charge in [-0.3, -0.25) is 0 Å². The summed E-state index contributed by atoms with van der Waals surface area (Å²) in [7, 11) is -3.49. The van der Waals surface area contributed by atoms with E-state index in [9.17, 15) is 8.42 Å². The van der Waals surface area contributed by atoms with Crippen molar-refractivity contribution < 1.29 is 13.2 Å². The van der Waals surface area contributed by atoms with Crippen molar-refractivity contribution in [3.8, 4) is 5.75 Å². The Kier molecular flexibility index (Phi) is 5.55. The Morgan fingerprint density at radius 2 is 1.91 bits per heavy atom. The smallest absolute Gasteiger partial charge is 0.240 e. The van der Waals surface area contributed by atoms with Crippen molar-refractivity contribution in [3.05, 3.63) is 39.8 Å². The lowest BCUT2D eigenvalue weighted by Crippen LogP contribution is -2.25. The monoisotopic (exact) mass is 340 g/mol. The van der Waals surface area contributed by atoms with Gasteiger partial charge < -0.3 is 4.74 Å². The minimum atomic E-state index is -3.49. The van der Waals surface area contributed by atoms with Crippen LogP contribution >= 0.6 is 11.3 Å². The number of benzene rings is 1. The lowest BCUT2D eigenvalue weighted by atomic mass is 10.3. The molecule has 1 aromatic carbocycles. The topological polar surface area (TPSA) is 68.3 Å². The third kappa shape index (κ3) is 4.28. The van der Waals surface area contributed by atoms with Crippen LogP contribution in [0.25, 0.3) is 0 Å². The molecule has 7 heteroatoms. The summed E-state index contributed by atoms with van der Waals surface area (Å²) in [5.74, 6) is 0.662. The average molecular weight is 340 g/mol. The summed E-state index contributed by atoms with van der Waals surface area (Å²) in [5.41, 5.74) is 1.01. The Labute approximate surface area is 135 Å². The van der Waals surface area contributed by atoms with E-state index in [4.69, 9.17) is 4.74 Å². The fourth-order valence-electron chi connectivity index (χ4n) is 1.90. The summed E-state index contributed by atoms with van der Waals surface area (Å²) in [6.07, 6.45) is 0.593. The van der Waals surface area contributed by atoms with Gasteiger partial charge in [-0.05, 0) is 45.0 Å². The number of rotatable bonds is 7. The van der Waals surface area contributed by atoms with Crippen LogP contribution in [0.5, 0.6) is 5.75 Å². The van der Waals surface area contributed by atoms with E-state index < -0.39 is 10.0 Å². The second kappa shape index (κ2) is 7.21. The van der Waals surface area contributed by atoms with Gasteiger partial charge in [0.15, 0.2) is 0 Å². The fraction of sp³-hybridized carbons (Fsp3) is 0.400. The number of hydrogen-bond acceptors (Lipinski definition) is 5. The molecule has 0 unspecified atom stereocenters. The molecular formula is C15H20N2O3S2. The molecule has 0 spiro atoms. The molecule has 0 atom stereocenters. The zero-order valence-electron chi connectivity index (χ0n) is 12.9. The molecule has 0 fully saturated rings. The van der Waals surface area contributed by atoms with Crippen LogP contribution in [0.4, 0.5) is 0 Å². The number of ether oxygens (including phenoxy) is 1. The van der Waals surface area contributed by atoms with Crippen molar-refractivity contribution in [2.24, 2.45) is 0 Å². The maximum Gasteiger partial charge on any atom is 0.240 e. The minimum absolute atomic E-state index is 0.238. The molecule has 2 aromatic rings. The van der Waals surface area contributed by atoms with Crippen molar-refractivity contribution in [2.45, 2.75) is 32.1 Å². The zero-order chi connectivity index (χ0) is 16.2. The number of aryl methyl sites for hydroxylation is 2. The molecule has 0 saturated heterocycles. The Bertz CT molecular complexity index is 702. The predicted octanol–water partition coefficient (Wildman–Crippen LogP) is 2.68. The quantitative estimate of drug-likeness (QED) is 0.841. The van der Waals surface area contributed by atoms with Gasteiger partial charge in [0, 0.05) is 17.8 Å². The molecule has 22 heavy (non-hydrogen) atoms. The third-order valence-corrected chi connectivity index (χ3v) is 5.76. The number of hydrogen-bond donors (Lipinski definition) is 1. The van der Waals surface area contributed by atoms with Crippen LogP contribution in [0.1, 0.15) is 22.5 Å².